The van der Waals surface area contributed by atoms with E-state index in [1.807, 2.05) is 6.92 Å². The highest BCUT2D eigenvalue weighted by Crippen LogP contribution is 2.24. The zero-order valence-electron chi connectivity index (χ0n) is 11.8. The van der Waals surface area contributed by atoms with Crippen LogP contribution < -0.4 is 9.46 Å². The maximum atomic E-state index is 12.2. The Morgan fingerprint density at radius 3 is 2.55 bits per heavy atom. The van der Waals surface area contributed by atoms with Crippen LogP contribution >= 0.6 is 23.2 Å². The molecule has 0 fully saturated rings. The van der Waals surface area contributed by atoms with Gasteiger partial charge < -0.3 is 4.74 Å². The first-order valence-corrected chi connectivity index (χ1v) is 8.98. The number of benzene rings is 2. The second-order valence-electron chi connectivity index (χ2n) is 4.57. The van der Waals surface area contributed by atoms with Gasteiger partial charge in [-0.05, 0) is 36.8 Å². The zero-order chi connectivity index (χ0) is 16.2. The lowest BCUT2D eigenvalue weighted by molar-refractivity contribution is 0.340. The number of ether oxygens (including phenoxy) is 1. The number of hydrogen-bond acceptors (Lipinski definition) is 3. The Hall–Kier alpha value is -1.43. The second kappa shape index (κ2) is 7.22. The molecule has 2 rings (SSSR count). The normalized spacial score (nSPS) is 11.2. The van der Waals surface area contributed by atoms with E-state index < -0.39 is 10.0 Å². The highest BCUT2D eigenvalue weighted by atomic mass is 35.5. The van der Waals surface area contributed by atoms with Gasteiger partial charge in [-0.15, -0.1) is 0 Å². The molecule has 7 heteroatoms. The van der Waals surface area contributed by atoms with Crippen molar-refractivity contribution in [2.24, 2.45) is 0 Å². The van der Waals surface area contributed by atoms with Crippen LogP contribution in [0, 0.1) is 0 Å². The maximum Gasteiger partial charge on any atom is 0.236 e. The molecule has 2 aromatic rings. The van der Waals surface area contributed by atoms with Crippen LogP contribution in [-0.4, -0.2) is 15.0 Å². The minimum absolute atomic E-state index is 0.192. The molecule has 0 spiro atoms. The van der Waals surface area contributed by atoms with Gasteiger partial charge in [0.1, 0.15) is 5.75 Å². The fourth-order valence-electron chi connectivity index (χ4n) is 1.88. The van der Waals surface area contributed by atoms with E-state index in [2.05, 4.69) is 4.72 Å². The van der Waals surface area contributed by atoms with E-state index in [1.165, 1.54) is 0 Å². The van der Waals surface area contributed by atoms with Crippen molar-refractivity contribution in [2.45, 2.75) is 12.7 Å². The van der Waals surface area contributed by atoms with Crippen LogP contribution in [0.3, 0.4) is 0 Å². The number of rotatable bonds is 6. The zero-order valence-corrected chi connectivity index (χ0v) is 14.2. The Kier molecular flexibility index (Phi) is 5.56. The lowest BCUT2D eigenvalue weighted by Crippen LogP contribution is -2.15. The molecular formula is C15H15Cl2NO3S. The summed E-state index contributed by atoms with van der Waals surface area (Å²) in [6.45, 7) is 2.38. The quantitative estimate of drug-likeness (QED) is 0.834. The highest BCUT2D eigenvalue weighted by Gasteiger charge is 2.13. The summed E-state index contributed by atoms with van der Waals surface area (Å²) in [6.07, 6.45) is 0. The van der Waals surface area contributed by atoms with E-state index in [0.29, 0.717) is 33.7 Å². The van der Waals surface area contributed by atoms with Gasteiger partial charge in [0, 0.05) is 6.07 Å². The van der Waals surface area contributed by atoms with Crippen molar-refractivity contribution in [2.75, 3.05) is 11.3 Å². The van der Waals surface area contributed by atoms with E-state index in [-0.39, 0.29) is 5.75 Å². The highest BCUT2D eigenvalue weighted by molar-refractivity contribution is 7.91. The molecule has 0 saturated carbocycles. The van der Waals surface area contributed by atoms with Gasteiger partial charge >= 0.3 is 0 Å². The Morgan fingerprint density at radius 1 is 1.09 bits per heavy atom. The average molecular weight is 360 g/mol. The Balaban J connectivity index is 2.13. The van der Waals surface area contributed by atoms with E-state index >= 15 is 0 Å². The monoisotopic (exact) mass is 359 g/mol. The third-order valence-corrected chi connectivity index (χ3v) is 4.76. The second-order valence-corrected chi connectivity index (χ2v) is 7.11. The van der Waals surface area contributed by atoms with Crippen LogP contribution in [0.4, 0.5) is 5.69 Å². The fourth-order valence-corrected chi connectivity index (χ4v) is 3.38. The molecule has 4 nitrogen and oxygen atoms in total. The molecule has 1 N–H and O–H groups in total. The summed E-state index contributed by atoms with van der Waals surface area (Å²) in [5.74, 6) is 0.417. The summed E-state index contributed by atoms with van der Waals surface area (Å²) in [4.78, 5) is 0. The summed E-state index contributed by atoms with van der Waals surface area (Å²) >= 11 is 11.7. The smallest absolute Gasteiger partial charge is 0.236 e. The van der Waals surface area contributed by atoms with Crippen molar-refractivity contribution >= 4 is 38.9 Å². The first-order chi connectivity index (χ1) is 10.4. The van der Waals surface area contributed by atoms with E-state index in [1.54, 1.807) is 42.5 Å². The van der Waals surface area contributed by atoms with Crippen LogP contribution in [0.15, 0.2) is 42.5 Å². The SMILES string of the molecule is CCOc1cccc(NS(=O)(=O)Cc2ccc(Cl)c(Cl)c2)c1. The van der Waals surface area contributed by atoms with Crippen molar-refractivity contribution in [3.8, 4) is 5.75 Å². The molecule has 0 aliphatic carbocycles. The summed E-state index contributed by atoms with van der Waals surface area (Å²) < 4.78 is 32.3. The number of hydrogen-bond donors (Lipinski definition) is 1. The predicted octanol–water partition coefficient (Wildman–Crippen LogP) is 4.33. The number of anilines is 1. The van der Waals surface area contributed by atoms with Crippen LogP contribution in [0.5, 0.6) is 5.75 Å². The molecule has 0 aliphatic rings. The van der Waals surface area contributed by atoms with Gasteiger partial charge in [0.25, 0.3) is 0 Å². The van der Waals surface area contributed by atoms with Gasteiger partial charge in [0.05, 0.1) is 28.1 Å². The van der Waals surface area contributed by atoms with Crippen LogP contribution in [0.1, 0.15) is 12.5 Å². The Bertz CT molecular complexity index is 763. The largest absolute Gasteiger partial charge is 0.494 e. The van der Waals surface area contributed by atoms with Gasteiger partial charge in [-0.3, -0.25) is 4.72 Å². The Labute approximate surface area is 140 Å². The molecule has 118 valence electrons. The fraction of sp³-hybridized carbons (Fsp3) is 0.200. The van der Waals surface area contributed by atoms with Crippen molar-refractivity contribution < 1.29 is 13.2 Å². The van der Waals surface area contributed by atoms with Gasteiger partial charge in [-0.1, -0.05) is 35.3 Å². The van der Waals surface area contributed by atoms with Crippen molar-refractivity contribution in [3.05, 3.63) is 58.1 Å². The minimum Gasteiger partial charge on any atom is -0.494 e. The van der Waals surface area contributed by atoms with Crippen molar-refractivity contribution in [3.63, 3.8) is 0 Å². The van der Waals surface area contributed by atoms with Crippen LogP contribution in [0.2, 0.25) is 10.0 Å². The van der Waals surface area contributed by atoms with Crippen molar-refractivity contribution in [1.29, 1.82) is 0 Å². The molecule has 0 amide bonds. The van der Waals surface area contributed by atoms with Gasteiger partial charge in [0.2, 0.25) is 10.0 Å². The molecule has 0 saturated heterocycles. The van der Waals surface area contributed by atoms with E-state index in [9.17, 15) is 8.42 Å². The molecule has 0 heterocycles. The molecular weight excluding hydrogens is 345 g/mol. The summed E-state index contributed by atoms with van der Waals surface area (Å²) in [5, 5.41) is 0.716. The summed E-state index contributed by atoms with van der Waals surface area (Å²) in [6, 6.07) is 11.5. The molecule has 0 aromatic heterocycles. The maximum absolute atomic E-state index is 12.2. The third kappa shape index (κ3) is 4.80. The molecule has 0 radical (unpaired) electrons. The molecule has 22 heavy (non-hydrogen) atoms. The molecule has 0 atom stereocenters. The number of sulfonamides is 1. The molecule has 2 aromatic carbocycles. The topological polar surface area (TPSA) is 55.4 Å². The minimum atomic E-state index is -3.56. The van der Waals surface area contributed by atoms with E-state index in [0.717, 1.165) is 0 Å². The first kappa shape index (κ1) is 16.9. The van der Waals surface area contributed by atoms with Crippen molar-refractivity contribution in [1.82, 2.24) is 0 Å². The van der Waals surface area contributed by atoms with Gasteiger partial charge in [-0.25, -0.2) is 8.42 Å². The number of nitrogens with one attached hydrogen (secondary N) is 1. The standard InChI is InChI=1S/C15H15Cl2NO3S/c1-2-21-13-5-3-4-12(9-13)18-22(19,20)10-11-6-7-14(16)15(17)8-11/h3-9,18H,2,10H2,1H3. The number of halogens is 2. The molecule has 0 unspecified atom stereocenters. The van der Waals surface area contributed by atoms with E-state index in [4.69, 9.17) is 27.9 Å². The lowest BCUT2D eigenvalue weighted by atomic mass is 10.2. The first-order valence-electron chi connectivity index (χ1n) is 6.57. The third-order valence-electron chi connectivity index (χ3n) is 2.76. The molecule has 0 bridgehead atoms. The predicted molar refractivity (Wildman–Crippen MR) is 90.3 cm³/mol. The van der Waals surface area contributed by atoms with Gasteiger partial charge in [0.15, 0.2) is 0 Å². The average Bonchev–Trinajstić information content (AvgIpc) is 2.43. The summed E-state index contributed by atoms with van der Waals surface area (Å²) in [7, 11) is -3.56. The van der Waals surface area contributed by atoms with Crippen LogP contribution in [-0.2, 0) is 15.8 Å². The lowest BCUT2D eigenvalue weighted by Gasteiger charge is -2.10. The van der Waals surface area contributed by atoms with Gasteiger partial charge in [-0.2, -0.15) is 0 Å². The molecule has 0 aliphatic heterocycles. The van der Waals surface area contributed by atoms with Crippen LogP contribution in [0.25, 0.3) is 0 Å². The summed E-state index contributed by atoms with van der Waals surface area (Å²) in [5.41, 5.74) is 1.01. The Morgan fingerprint density at radius 2 is 1.86 bits per heavy atom.